The Kier molecular flexibility index (Phi) is 17.7. The standard InChI is InChI=1S/C15H27N3O5.C9H19NO3.C6H14N2O4/c16-9-3-10(18-14(20)15(21)7-17-8-15)5-12(4-9)23-13-2-1-11(6-19)22-13;11-7-8(12)5-10-6-9-3-1-2-4-13-9;7-1-2-4(9)5(10)3(8)6(11)12-2/h9-13,17,19,21H,1-8,16H2,(H,18,20);8-12H,1-7H2;2-6,9-11H,1,7-8H2/t;;2-,3+,4+,5?,6-/m..0/s1. The molecular formula is C30H60N6O12. The molecule has 0 bridgehead atoms. The number of amides is 1. The number of rotatable bonds is 11. The molecule has 0 aromatic carbocycles. The molecule has 5 rings (SSSR count). The van der Waals surface area contributed by atoms with Gasteiger partial charge in [-0.25, -0.2) is 0 Å². The molecule has 1 aliphatic carbocycles. The molecule has 8 unspecified atom stereocenters. The van der Waals surface area contributed by atoms with Crippen molar-refractivity contribution in [2.75, 3.05) is 52.5 Å². The number of carbonyl (C=O) groups excluding carboxylic acids is 1. The van der Waals surface area contributed by atoms with Gasteiger partial charge < -0.3 is 87.8 Å². The normalized spacial score (nSPS) is 38.3. The number of nitrogens with two attached hydrogens (primary N) is 3. The van der Waals surface area contributed by atoms with E-state index in [4.69, 9.17) is 56.6 Å². The Balaban J connectivity index is 0.000000213. The maximum Gasteiger partial charge on any atom is 0.254 e. The lowest BCUT2D eigenvalue weighted by Gasteiger charge is -2.39. The second-order valence-corrected chi connectivity index (χ2v) is 13.3. The van der Waals surface area contributed by atoms with Crippen LogP contribution in [0.4, 0.5) is 0 Å². The van der Waals surface area contributed by atoms with Crippen LogP contribution in [0.15, 0.2) is 0 Å². The van der Waals surface area contributed by atoms with Crippen LogP contribution in [0.2, 0.25) is 0 Å². The molecule has 4 aliphatic heterocycles. The van der Waals surface area contributed by atoms with Gasteiger partial charge in [-0.2, -0.15) is 0 Å². The molecule has 1 saturated carbocycles. The van der Waals surface area contributed by atoms with E-state index in [1.807, 2.05) is 0 Å². The molecule has 18 nitrogen and oxygen atoms in total. The van der Waals surface area contributed by atoms with E-state index in [0.29, 0.717) is 25.5 Å². The molecule has 48 heavy (non-hydrogen) atoms. The molecule has 12 atom stereocenters. The van der Waals surface area contributed by atoms with Gasteiger partial charge in [0.25, 0.3) is 5.91 Å². The fourth-order valence-corrected chi connectivity index (χ4v) is 6.11. The summed E-state index contributed by atoms with van der Waals surface area (Å²) in [5.74, 6) is -0.341. The average Bonchev–Trinajstić information content (AvgIpc) is 3.52. The van der Waals surface area contributed by atoms with Crippen molar-refractivity contribution in [1.29, 1.82) is 0 Å². The zero-order valence-corrected chi connectivity index (χ0v) is 27.6. The van der Waals surface area contributed by atoms with Crippen molar-refractivity contribution in [3.63, 3.8) is 0 Å². The number of ether oxygens (including phenoxy) is 4. The van der Waals surface area contributed by atoms with Gasteiger partial charge in [-0.3, -0.25) is 4.79 Å². The number of hydrogen-bond acceptors (Lipinski definition) is 17. The first-order valence-corrected chi connectivity index (χ1v) is 17.1. The average molecular weight is 697 g/mol. The Hall–Kier alpha value is -1.17. The topological polar surface area (TPSA) is 310 Å². The number of aliphatic hydroxyl groups excluding tert-OH is 6. The van der Waals surface area contributed by atoms with E-state index in [9.17, 15) is 20.1 Å². The van der Waals surface area contributed by atoms with Crippen molar-refractivity contribution in [3.8, 4) is 0 Å². The third kappa shape index (κ3) is 12.9. The lowest BCUT2D eigenvalue weighted by Crippen LogP contribution is -2.68. The van der Waals surface area contributed by atoms with Crippen molar-refractivity contribution < 1.29 is 59.5 Å². The van der Waals surface area contributed by atoms with E-state index >= 15 is 0 Å². The molecule has 0 aromatic rings. The second-order valence-electron chi connectivity index (χ2n) is 13.3. The summed E-state index contributed by atoms with van der Waals surface area (Å²) in [6.07, 6.45) is 1.87. The summed E-state index contributed by atoms with van der Waals surface area (Å²) in [7, 11) is 0. The fourth-order valence-electron chi connectivity index (χ4n) is 6.11. The smallest absolute Gasteiger partial charge is 0.254 e. The highest BCUT2D eigenvalue weighted by atomic mass is 16.7. The molecule has 1 amide bonds. The van der Waals surface area contributed by atoms with Crippen molar-refractivity contribution in [2.45, 2.75) is 130 Å². The van der Waals surface area contributed by atoms with E-state index in [1.165, 1.54) is 6.42 Å². The summed E-state index contributed by atoms with van der Waals surface area (Å²) in [5.41, 5.74) is 15.3. The zero-order valence-electron chi connectivity index (χ0n) is 27.6. The Morgan fingerprint density at radius 1 is 1.00 bits per heavy atom. The molecule has 0 aromatic heterocycles. The highest BCUT2D eigenvalue weighted by Gasteiger charge is 2.44. The van der Waals surface area contributed by atoms with Crippen molar-refractivity contribution in [3.05, 3.63) is 0 Å². The molecule has 0 spiro atoms. The third-order valence-corrected chi connectivity index (χ3v) is 9.15. The lowest BCUT2D eigenvalue weighted by atomic mass is 9.88. The monoisotopic (exact) mass is 696 g/mol. The number of β-amino-alcohol motifs (C(OH)–C–C–N with tert-alkyl or cyclic N) is 1. The maximum atomic E-state index is 12.1. The first-order chi connectivity index (χ1) is 22.9. The third-order valence-electron chi connectivity index (χ3n) is 9.15. The van der Waals surface area contributed by atoms with Crippen molar-refractivity contribution in [1.82, 2.24) is 16.0 Å². The van der Waals surface area contributed by atoms with Crippen LogP contribution in [-0.2, 0) is 23.7 Å². The summed E-state index contributed by atoms with van der Waals surface area (Å²) < 4.78 is 21.9. The summed E-state index contributed by atoms with van der Waals surface area (Å²) in [6.45, 7) is 2.50. The molecule has 5 fully saturated rings. The van der Waals surface area contributed by atoms with Crippen molar-refractivity contribution >= 4 is 5.91 Å². The largest absolute Gasteiger partial charge is 0.394 e. The van der Waals surface area contributed by atoms with Crippen LogP contribution in [0.1, 0.15) is 51.4 Å². The molecule has 4 saturated heterocycles. The lowest BCUT2D eigenvalue weighted by molar-refractivity contribution is -0.238. The SMILES string of the molecule is NC1CC(NC(=O)C2(O)CNC2)CC(OC2CCC(CO)O2)C1.NC[C@@H]1O[C@H](O)[C@H](N)C(O)[C@@H]1O.OCC(O)CNCC1CCCCO1. The molecule has 16 N–H and O–H groups in total. The molecule has 282 valence electrons. The number of hydrogen-bond donors (Lipinski definition) is 13. The predicted molar refractivity (Wildman–Crippen MR) is 171 cm³/mol. The first kappa shape index (κ1) is 41.3. The van der Waals surface area contributed by atoms with Crippen LogP contribution < -0.4 is 33.2 Å². The van der Waals surface area contributed by atoms with Crippen LogP contribution >= 0.6 is 0 Å². The van der Waals surface area contributed by atoms with Crippen LogP contribution in [0.3, 0.4) is 0 Å². The number of nitrogens with one attached hydrogen (secondary N) is 3. The van der Waals surface area contributed by atoms with E-state index in [1.54, 1.807) is 0 Å². The summed E-state index contributed by atoms with van der Waals surface area (Å²) in [6, 6.07) is -1.14. The van der Waals surface area contributed by atoms with Crippen molar-refractivity contribution in [2.24, 2.45) is 17.2 Å². The van der Waals surface area contributed by atoms with Gasteiger partial charge in [-0.05, 0) is 44.9 Å². The minimum atomic E-state index is -1.29. The Bertz CT molecular complexity index is 915. The second kappa shape index (κ2) is 20.6. The molecule has 18 heteroatoms. The highest BCUT2D eigenvalue weighted by Crippen LogP contribution is 2.28. The molecule has 5 aliphatic rings. The van der Waals surface area contributed by atoms with Crippen LogP contribution in [-0.4, -0.2) is 173 Å². The van der Waals surface area contributed by atoms with Crippen LogP contribution in [0.5, 0.6) is 0 Å². The van der Waals surface area contributed by atoms with Gasteiger partial charge in [0.05, 0.1) is 43.7 Å². The van der Waals surface area contributed by atoms with Crippen LogP contribution in [0, 0.1) is 0 Å². The molecular weight excluding hydrogens is 636 g/mol. The summed E-state index contributed by atoms with van der Waals surface area (Å²) >= 11 is 0. The quantitative estimate of drug-likeness (QED) is 0.0958. The molecule has 4 heterocycles. The Morgan fingerprint density at radius 2 is 1.75 bits per heavy atom. The van der Waals surface area contributed by atoms with E-state index in [0.717, 1.165) is 45.3 Å². The van der Waals surface area contributed by atoms with Gasteiger partial charge in [-0.15, -0.1) is 0 Å². The fraction of sp³-hybridized carbons (Fsp3) is 0.967. The maximum absolute atomic E-state index is 12.1. The number of carbonyl (C=O) groups is 1. The van der Waals surface area contributed by atoms with Gasteiger partial charge in [-0.1, -0.05) is 0 Å². The Labute approximate surface area is 281 Å². The Morgan fingerprint density at radius 3 is 2.33 bits per heavy atom. The predicted octanol–water partition coefficient (Wildman–Crippen LogP) is -5.59. The minimum absolute atomic E-state index is 0.00927. The van der Waals surface area contributed by atoms with Gasteiger partial charge in [0.1, 0.15) is 18.3 Å². The highest BCUT2D eigenvalue weighted by molar-refractivity contribution is 5.86. The van der Waals surface area contributed by atoms with E-state index < -0.39 is 42.3 Å². The van der Waals surface area contributed by atoms with Gasteiger partial charge in [0.15, 0.2) is 18.2 Å². The van der Waals surface area contributed by atoms with Gasteiger partial charge in [0.2, 0.25) is 0 Å². The minimum Gasteiger partial charge on any atom is -0.394 e. The first-order valence-electron chi connectivity index (χ1n) is 17.1. The zero-order chi connectivity index (χ0) is 35.3. The molecule has 0 radical (unpaired) electrons. The number of aliphatic hydroxyl groups is 7. The summed E-state index contributed by atoms with van der Waals surface area (Å²) in [5, 5.41) is 73.2. The van der Waals surface area contributed by atoms with Crippen LogP contribution in [0.25, 0.3) is 0 Å². The summed E-state index contributed by atoms with van der Waals surface area (Å²) in [4.78, 5) is 12.1. The van der Waals surface area contributed by atoms with E-state index in [-0.39, 0.29) is 69.3 Å². The van der Waals surface area contributed by atoms with Gasteiger partial charge in [0, 0.05) is 57.8 Å². The van der Waals surface area contributed by atoms with Gasteiger partial charge >= 0.3 is 0 Å². The van der Waals surface area contributed by atoms with E-state index in [2.05, 4.69) is 16.0 Å².